The second-order valence-electron chi connectivity index (χ2n) is 6.33. The van der Waals surface area contributed by atoms with Crippen LogP contribution in [0.15, 0.2) is 48.8 Å². The number of hydrogen-bond donors (Lipinski definition) is 2. The van der Waals surface area contributed by atoms with Gasteiger partial charge in [-0.05, 0) is 30.3 Å². The van der Waals surface area contributed by atoms with E-state index in [1.54, 1.807) is 13.3 Å². The highest BCUT2D eigenvalue weighted by atomic mass is 32.1. The van der Waals surface area contributed by atoms with Gasteiger partial charge in [-0.25, -0.2) is 9.97 Å². The number of imidazole rings is 1. The van der Waals surface area contributed by atoms with Crippen molar-refractivity contribution in [1.29, 1.82) is 0 Å². The Balaban J connectivity index is 1.41. The SMILES string of the molecule is CCC(=O)Nc1nc2ccc(NC(=O)CCn3cnc4ccccc43)cc2s1. The Kier molecular flexibility index (Phi) is 5.03. The fourth-order valence-electron chi connectivity index (χ4n) is 2.90. The highest BCUT2D eigenvalue weighted by molar-refractivity contribution is 7.22. The number of benzene rings is 2. The van der Waals surface area contributed by atoms with Crippen LogP contribution in [0.1, 0.15) is 19.8 Å². The number of rotatable bonds is 6. The van der Waals surface area contributed by atoms with Crippen LogP contribution in [0.5, 0.6) is 0 Å². The monoisotopic (exact) mass is 393 g/mol. The van der Waals surface area contributed by atoms with E-state index in [4.69, 9.17) is 0 Å². The van der Waals surface area contributed by atoms with Crippen molar-refractivity contribution < 1.29 is 9.59 Å². The molecule has 8 heteroatoms. The fourth-order valence-corrected chi connectivity index (χ4v) is 3.82. The third-order valence-electron chi connectivity index (χ3n) is 4.35. The van der Waals surface area contributed by atoms with E-state index in [-0.39, 0.29) is 11.8 Å². The van der Waals surface area contributed by atoms with Gasteiger partial charge in [0.05, 0.1) is 27.6 Å². The molecule has 0 radical (unpaired) electrons. The summed E-state index contributed by atoms with van der Waals surface area (Å²) in [5.74, 6) is -0.138. The van der Waals surface area contributed by atoms with Gasteiger partial charge in [-0.15, -0.1) is 0 Å². The van der Waals surface area contributed by atoms with Crippen molar-refractivity contribution >= 4 is 55.2 Å². The molecule has 4 aromatic rings. The molecular weight excluding hydrogens is 374 g/mol. The van der Waals surface area contributed by atoms with Crippen LogP contribution in [0.2, 0.25) is 0 Å². The lowest BCUT2D eigenvalue weighted by Crippen LogP contribution is -2.14. The summed E-state index contributed by atoms with van der Waals surface area (Å²) in [5, 5.41) is 6.26. The van der Waals surface area contributed by atoms with Crippen molar-refractivity contribution in [3.8, 4) is 0 Å². The topological polar surface area (TPSA) is 88.9 Å². The first-order chi connectivity index (χ1) is 13.6. The minimum absolute atomic E-state index is 0.0684. The molecule has 2 amide bonds. The number of hydrogen-bond acceptors (Lipinski definition) is 5. The lowest BCUT2D eigenvalue weighted by Gasteiger charge is -2.06. The average Bonchev–Trinajstić information content (AvgIpc) is 3.29. The van der Waals surface area contributed by atoms with E-state index in [1.165, 1.54) is 11.3 Å². The zero-order chi connectivity index (χ0) is 19.5. The number of nitrogens with zero attached hydrogens (tertiary/aromatic N) is 3. The number of thiazole rings is 1. The molecule has 0 spiro atoms. The van der Waals surface area contributed by atoms with Crippen molar-refractivity contribution in [3.05, 3.63) is 48.8 Å². The van der Waals surface area contributed by atoms with Crippen LogP contribution in [0.3, 0.4) is 0 Å². The molecule has 2 aromatic carbocycles. The molecule has 4 rings (SSSR count). The van der Waals surface area contributed by atoms with Gasteiger partial charge in [0.15, 0.2) is 5.13 Å². The molecule has 0 saturated heterocycles. The number of anilines is 2. The molecule has 0 fully saturated rings. The number of para-hydroxylation sites is 2. The predicted molar refractivity (Wildman–Crippen MR) is 112 cm³/mol. The van der Waals surface area contributed by atoms with Crippen molar-refractivity contribution in [2.45, 2.75) is 26.3 Å². The lowest BCUT2D eigenvalue weighted by molar-refractivity contribution is -0.117. The standard InChI is InChI=1S/C20H19N5O2S/c1-2-18(26)24-20-23-15-8-7-13(11-17(15)28-20)22-19(27)9-10-25-12-21-14-5-3-4-6-16(14)25/h3-8,11-12H,2,9-10H2,1H3,(H,22,27)(H,23,24,26). The van der Waals surface area contributed by atoms with Gasteiger partial charge in [0.1, 0.15) is 0 Å². The molecule has 0 unspecified atom stereocenters. The van der Waals surface area contributed by atoms with Gasteiger partial charge in [0, 0.05) is 25.1 Å². The summed E-state index contributed by atoms with van der Waals surface area (Å²) in [6.45, 7) is 2.35. The van der Waals surface area contributed by atoms with E-state index in [1.807, 2.05) is 47.0 Å². The van der Waals surface area contributed by atoms with Crippen LogP contribution >= 0.6 is 11.3 Å². The van der Waals surface area contributed by atoms with Crippen LogP contribution < -0.4 is 10.6 Å². The highest BCUT2D eigenvalue weighted by Crippen LogP contribution is 2.28. The number of aromatic nitrogens is 3. The van der Waals surface area contributed by atoms with E-state index >= 15 is 0 Å². The third kappa shape index (κ3) is 3.86. The number of fused-ring (bicyclic) bond motifs is 2. The summed E-state index contributed by atoms with van der Waals surface area (Å²) < 4.78 is 2.88. The van der Waals surface area contributed by atoms with E-state index in [0.717, 1.165) is 21.3 Å². The molecule has 2 aromatic heterocycles. The smallest absolute Gasteiger partial charge is 0.226 e. The summed E-state index contributed by atoms with van der Waals surface area (Å²) in [6.07, 6.45) is 2.51. The zero-order valence-electron chi connectivity index (χ0n) is 15.3. The summed E-state index contributed by atoms with van der Waals surface area (Å²) in [5.41, 5.74) is 3.44. The quantitative estimate of drug-likeness (QED) is 0.518. The maximum atomic E-state index is 12.4. The molecule has 7 nitrogen and oxygen atoms in total. The van der Waals surface area contributed by atoms with Crippen LogP contribution in [0, 0.1) is 0 Å². The molecular formula is C20H19N5O2S. The molecule has 2 heterocycles. The minimum Gasteiger partial charge on any atom is -0.330 e. The van der Waals surface area contributed by atoms with Gasteiger partial charge in [-0.2, -0.15) is 0 Å². The van der Waals surface area contributed by atoms with Gasteiger partial charge < -0.3 is 15.2 Å². The molecule has 0 aliphatic heterocycles. The van der Waals surface area contributed by atoms with Crippen LogP contribution in [-0.4, -0.2) is 26.3 Å². The van der Waals surface area contributed by atoms with E-state index in [9.17, 15) is 9.59 Å². The van der Waals surface area contributed by atoms with Crippen molar-refractivity contribution in [2.24, 2.45) is 0 Å². The summed E-state index contributed by atoms with van der Waals surface area (Å²) in [6, 6.07) is 13.4. The van der Waals surface area contributed by atoms with Gasteiger partial charge >= 0.3 is 0 Å². The first kappa shape index (κ1) is 18.1. The van der Waals surface area contributed by atoms with E-state index in [0.29, 0.717) is 30.2 Å². The number of carbonyl (C=O) groups is 2. The Labute approximate surface area is 165 Å². The molecule has 2 N–H and O–H groups in total. The summed E-state index contributed by atoms with van der Waals surface area (Å²) >= 11 is 1.39. The van der Waals surface area contributed by atoms with E-state index < -0.39 is 0 Å². The molecule has 0 aliphatic rings. The summed E-state index contributed by atoms with van der Waals surface area (Å²) in [7, 11) is 0. The second-order valence-corrected chi connectivity index (χ2v) is 7.36. The molecule has 0 bridgehead atoms. The Morgan fingerprint density at radius 1 is 1.07 bits per heavy atom. The largest absolute Gasteiger partial charge is 0.330 e. The zero-order valence-corrected chi connectivity index (χ0v) is 16.1. The van der Waals surface area contributed by atoms with Gasteiger partial charge in [0.2, 0.25) is 11.8 Å². The van der Waals surface area contributed by atoms with Crippen molar-refractivity contribution in [1.82, 2.24) is 14.5 Å². The van der Waals surface area contributed by atoms with Gasteiger partial charge in [-0.3, -0.25) is 9.59 Å². The van der Waals surface area contributed by atoms with Gasteiger partial charge in [0.25, 0.3) is 0 Å². The van der Waals surface area contributed by atoms with Crippen LogP contribution in [0.25, 0.3) is 21.3 Å². The predicted octanol–water partition coefficient (Wildman–Crippen LogP) is 4.02. The van der Waals surface area contributed by atoms with Crippen LogP contribution in [-0.2, 0) is 16.1 Å². The third-order valence-corrected chi connectivity index (χ3v) is 5.28. The Hall–Kier alpha value is -3.26. The highest BCUT2D eigenvalue weighted by Gasteiger charge is 2.09. The number of amides is 2. The second kappa shape index (κ2) is 7.77. The molecule has 0 atom stereocenters. The first-order valence-corrected chi connectivity index (χ1v) is 9.84. The maximum absolute atomic E-state index is 12.4. The van der Waals surface area contributed by atoms with Crippen molar-refractivity contribution in [2.75, 3.05) is 10.6 Å². The molecule has 142 valence electrons. The molecule has 0 saturated carbocycles. The Morgan fingerprint density at radius 3 is 2.79 bits per heavy atom. The average molecular weight is 393 g/mol. The minimum atomic E-state index is -0.0698. The lowest BCUT2D eigenvalue weighted by atomic mass is 10.3. The maximum Gasteiger partial charge on any atom is 0.226 e. The fraction of sp³-hybridized carbons (Fsp3) is 0.200. The van der Waals surface area contributed by atoms with Crippen LogP contribution in [0.4, 0.5) is 10.8 Å². The Morgan fingerprint density at radius 2 is 1.93 bits per heavy atom. The Bertz CT molecular complexity index is 1160. The molecule has 0 aliphatic carbocycles. The number of aryl methyl sites for hydroxylation is 1. The van der Waals surface area contributed by atoms with E-state index in [2.05, 4.69) is 20.6 Å². The first-order valence-electron chi connectivity index (χ1n) is 9.02. The normalized spacial score (nSPS) is 11.0. The summed E-state index contributed by atoms with van der Waals surface area (Å²) in [4.78, 5) is 32.6. The number of nitrogens with one attached hydrogen (secondary N) is 2. The molecule has 28 heavy (non-hydrogen) atoms. The van der Waals surface area contributed by atoms with Crippen molar-refractivity contribution in [3.63, 3.8) is 0 Å². The van der Waals surface area contributed by atoms with Gasteiger partial charge in [-0.1, -0.05) is 30.4 Å². The number of carbonyl (C=O) groups excluding carboxylic acids is 2.